The number of carboxylic acid groups (broad SMARTS) is 1. The van der Waals surface area contributed by atoms with Crippen LogP contribution in [0.5, 0.6) is 0 Å². The van der Waals surface area contributed by atoms with Gasteiger partial charge in [0.2, 0.25) is 0 Å². The minimum atomic E-state index is -1.12. The van der Waals surface area contributed by atoms with Crippen LogP contribution in [-0.2, 0) is 4.79 Å². The van der Waals surface area contributed by atoms with Crippen molar-refractivity contribution in [1.29, 1.82) is 5.26 Å². The van der Waals surface area contributed by atoms with E-state index in [0.717, 1.165) is 0 Å². The third-order valence-electron chi connectivity index (χ3n) is 2.11. The number of aliphatic carboxylic acids is 1. The third kappa shape index (κ3) is 2.52. The van der Waals surface area contributed by atoms with E-state index in [1.165, 1.54) is 13.8 Å². The highest BCUT2D eigenvalue weighted by Crippen LogP contribution is 2.26. The number of anilines is 1. The van der Waals surface area contributed by atoms with Crippen LogP contribution in [0.25, 0.3) is 0 Å². The van der Waals surface area contributed by atoms with E-state index in [0.29, 0.717) is 15.7 Å². The molecular formula is C11H11BrN2O2. The second kappa shape index (κ2) is 4.54. The van der Waals surface area contributed by atoms with Crippen LogP contribution in [0.1, 0.15) is 19.4 Å². The van der Waals surface area contributed by atoms with Gasteiger partial charge in [0, 0.05) is 4.47 Å². The fourth-order valence-electron chi connectivity index (χ4n) is 1.13. The number of nitriles is 1. The van der Waals surface area contributed by atoms with Gasteiger partial charge in [0.1, 0.15) is 11.6 Å². The summed E-state index contributed by atoms with van der Waals surface area (Å²) in [7, 11) is 0. The molecule has 5 heteroatoms. The molecule has 0 saturated carbocycles. The Morgan fingerprint density at radius 1 is 1.56 bits per heavy atom. The summed E-state index contributed by atoms with van der Waals surface area (Å²) in [5.41, 5.74) is -0.215. The third-order valence-corrected chi connectivity index (χ3v) is 2.77. The molecule has 1 rings (SSSR count). The van der Waals surface area contributed by atoms with Crippen molar-refractivity contribution in [3.05, 3.63) is 28.2 Å². The molecule has 2 N–H and O–H groups in total. The summed E-state index contributed by atoms with van der Waals surface area (Å²) in [5, 5.41) is 20.8. The van der Waals surface area contributed by atoms with Crippen molar-refractivity contribution in [2.45, 2.75) is 19.4 Å². The van der Waals surface area contributed by atoms with E-state index >= 15 is 0 Å². The number of nitrogens with zero attached hydrogens (tertiary/aromatic N) is 1. The summed E-state index contributed by atoms with van der Waals surface area (Å²) in [6.07, 6.45) is 0. The normalized spacial score (nSPS) is 10.6. The maximum Gasteiger partial charge on any atom is 0.328 e. The van der Waals surface area contributed by atoms with Gasteiger partial charge >= 0.3 is 5.97 Å². The van der Waals surface area contributed by atoms with Gasteiger partial charge in [0.25, 0.3) is 0 Å². The lowest BCUT2D eigenvalue weighted by Gasteiger charge is -2.23. The lowest BCUT2D eigenvalue weighted by molar-refractivity contribution is -0.141. The van der Waals surface area contributed by atoms with Gasteiger partial charge in [-0.25, -0.2) is 4.79 Å². The number of hydrogen-bond donors (Lipinski definition) is 2. The standard InChI is InChI=1S/C11H11BrN2O2/c1-11(2,10(15)16)14-9-5-3-4-8(12)7(9)6-13/h3-5,14H,1-2H3,(H,15,16). The molecule has 0 aliphatic carbocycles. The molecule has 1 aromatic rings. The summed E-state index contributed by atoms with van der Waals surface area (Å²) < 4.78 is 0.640. The first kappa shape index (κ1) is 12.5. The van der Waals surface area contributed by atoms with Crippen LogP contribution in [0.3, 0.4) is 0 Å². The zero-order chi connectivity index (χ0) is 12.3. The van der Waals surface area contributed by atoms with E-state index in [1.54, 1.807) is 18.2 Å². The van der Waals surface area contributed by atoms with Crippen molar-refractivity contribution in [2.24, 2.45) is 0 Å². The molecule has 0 atom stereocenters. The van der Waals surface area contributed by atoms with Gasteiger partial charge in [-0.2, -0.15) is 5.26 Å². The molecule has 0 aliphatic rings. The average Bonchev–Trinajstić information content (AvgIpc) is 2.17. The van der Waals surface area contributed by atoms with Gasteiger partial charge in [-0.05, 0) is 41.9 Å². The quantitative estimate of drug-likeness (QED) is 0.894. The highest BCUT2D eigenvalue weighted by molar-refractivity contribution is 9.10. The summed E-state index contributed by atoms with van der Waals surface area (Å²) >= 11 is 3.24. The highest BCUT2D eigenvalue weighted by Gasteiger charge is 2.27. The molecule has 0 spiro atoms. The van der Waals surface area contributed by atoms with Crippen molar-refractivity contribution in [3.63, 3.8) is 0 Å². The maximum atomic E-state index is 11.0. The predicted molar refractivity (Wildman–Crippen MR) is 64.2 cm³/mol. The van der Waals surface area contributed by atoms with E-state index in [9.17, 15) is 4.79 Å². The number of carbonyl (C=O) groups is 1. The lowest BCUT2D eigenvalue weighted by atomic mass is 10.0. The molecule has 0 amide bonds. The maximum absolute atomic E-state index is 11.0. The molecule has 84 valence electrons. The van der Waals surface area contributed by atoms with Gasteiger partial charge in [-0.15, -0.1) is 0 Å². The van der Waals surface area contributed by atoms with Gasteiger partial charge in [0.15, 0.2) is 0 Å². The molecule has 0 unspecified atom stereocenters. The summed E-state index contributed by atoms with van der Waals surface area (Å²) in [6, 6.07) is 7.17. The van der Waals surface area contributed by atoms with E-state index in [1.807, 2.05) is 6.07 Å². The van der Waals surface area contributed by atoms with Crippen LogP contribution < -0.4 is 5.32 Å². The predicted octanol–water partition coefficient (Wildman–Crippen LogP) is 2.60. The van der Waals surface area contributed by atoms with Crippen molar-refractivity contribution in [1.82, 2.24) is 0 Å². The van der Waals surface area contributed by atoms with Gasteiger partial charge < -0.3 is 10.4 Å². The van der Waals surface area contributed by atoms with Crippen LogP contribution in [0.15, 0.2) is 22.7 Å². The van der Waals surface area contributed by atoms with Gasteiger partial charge in [-0.1, -0.05) is 6.07 Å². The van der Waals surface area contributed by atoms with E-state index in [-0.39, 0.29) is 0 Å². The zero-order valence-corrected chi connectivity index (χ0v) is 10.5. The highest BCUT2D eigenvalue weighted by atomic mass is 79.9. The second-order valence-corrected chi connectivity index (χ2v) is 4.68. The molecular weight excluding hydrogens is 272 g/mol. The topological polar surface area (TPSA) is 73.1 Å². The molecule has 0 bridgehead atoms. The van der Waals surface area contributed by atoms with Crippen molar-refractivity contribution >= 4 is 27.6 Å². The zero-order valence-electron chi connectivity index (χ0n) is 8.91. The molecule has 4 nitrogen and oxygen atoms in total. The Hall–Kier alpha value is -1.54. The van der Waals surface area contributed by atoms with E-state index in [2.05, 4.69) is 21.2 Å². The number of benzene rings is 1. The van der Waals surface area contributed by atoms with Gasteiger partial charge in [-0.3, -0.25) is 0 Å². The minimum Gasteiger partial charge on any atom is -0.480 e. The SMILES string of the molecule is CC(C)(Nc1cccc(Br)c1C#N)C(=O)O. The van der Waals surface area contributed by atoms with Crippen LogP contribution in [0.2, 0.25) is 0 Å². The molecule has 0 aromatic heterocycles. The molecule has 0 aliphatic heterocycles. The number of halogens is 1. The Morgan fingerprint density at radius 2 is 2.19 bits per heavy atom. The Kier molecular flexibility index (Phi) is 3.55. The van der Waals surface area contributed by atoms with Crippen molar-refractivity contribution in [2.75, 3.05) is 5.32 Å². The summed E-state index contributed by atoms with van der Waals surface area (Å²) in [5.74, 6) is -0.976. The smallest absolute Gasteiger partial charge is 0.328 e. The number of nitrogens with one attached hydrogen (secondary N) is 1. The molecule has 0 heterocycles. The second-order valence-electron chi connectivity index (χ2n) is 3.83. The fraction of sp³-hybridized carbons (Fsp3) is 0.273. The van der Waals surface area contributed by atoms with Crippen molar-refractivity contribution < 1.29 is 9.90 Å². The average molecular weight is 283 g/mol. The van der Waals surface area contributed by atoms with Crippen LogP contribution in [0, 0.1) is 11.3 Å². The minimum absolute atomic E-state index is 0.400. The van der Waals surface area contributed by atoms with Crippen LogP contribution in [-0.4, -0.2) is 16.6 Å². The Morgan fingerprint density at radius 3 is 2.69 bits per heavy atom. The lowest BCUT2D eigenvalue weighted by Crippen LogP contribution is -2.40. The molecule has 16 heavy (non-hydrogen) atoms. The summed E-state index contributed by atoms with van der Waals surface area (Å²) in [4.78, 5) is 11.0. The molecule has 0 fully saturated rings. The Balaban J connectivity index is 3.13. The van der Waals surface area contributed by atoms with Crippen LogP contribution in [0.4, 0.5) is 5.69 Å². The number of hydrogen-bond acceptors (Lipinski definition) is 3. The van der Waals surface area contributed by atoms with Crippen LogP contribution >= 0.6 is 15.9 Å². The van der Waals surface area contributed by atoms with E-state index in [4.69, 9.17) is 10.4 Å². The fourth-order valence-corrected chi connectivity index (χ4v) is 1.59. The van der Waals surface area contributed by atoms with E-state index < -0.39 is 11.5 Å². The number of carboxylic acids is 1. The number of rotatable bonds is 3. The Labute approximate surface area is 102 Å². The first-order valence-electron chi connectivity index (χ1n) is 4.58. The largest absolute Gasteiger partial charge is 0.480 e. The monoisotopic (exact) mass is 282 g/mol. The molecule has 1 aromatic carbocycles. The van der Waals surface area contributed by atoms with Gasteiger partial charge in [0.05, 0.1) is 11.3 Å². The Bertz CT molecular complexity index is 464. The molecule has 0 radical (unpaired) electrons. The first-order valence-corrected chi connectivity index (χ1v) is 5.38. The first-order chi connectivity index (χ1) is 7.38. The van der Waals surface area contributed by atoms with Crippen molar-refractivity contribution in [3.8, 4) is 6.07 Å². The molecule has 0 saturated heterocycles. The summed E-state index contributed by atoms with van der Waals surface area (Å²) in [6.45, 7) is 3.08.